The Morgan fingerprint density at radius 2 is 1.73 bits per heavy atom. The molecule has 1 heterocycles. The Kier molecular flexibility index (Phi) is 11.0. The van der Waals surface area contributed by atoms with Gasteiger partial charge in [0, 0.05) is 59.0 Å². The number of rotatable bonds is 10. The number of hydrogen-bond donors (Lipinski definition) is 2. The summed E-state index contributed by atoms with van der Waals surface area (Å²) in [4.78, 5) is 9.75. The molecule has 2 rings (SSSR count). The Morgan fingerprint density at radius 3 is 2.42 bits per heavy atom. The Labute approximate surface area is 160 Å². The van der Waals surface area contributed by atoms with Gasteiger partial charge in [-0.15, -0.1) is 0 Å². The number of hydrogen-bond acceptors (Lipinski definition) is 4. The molecule has 0 unspecified atom stereocenters. The maximum Gasteiger partial charge on any atom is 0.191 e. The highest BCUT2D eigenvalue weighted by Crippen LogP contribution is 2.20. The van der Waals surface area contributed by atoms with Crippen molar-refractivity contribution in [2.75, 3.05) is 65.5 Å². The highest BCUT2D eigenvalue weighted by Gasteiger charge is 2.15. The van der Waals surface area contributed by atoms with Crippen LogP contribution in [0.15, 0.2) is 4.99 Å². The van der Waals surface area contributed by atoms with Crippen molar-refractivity contribution in [3.8, 4) is 0 Å². The van der Waals surface area contributed by atoms with Gasteiger partial charge in [0.05, 0.1) is 6.10 Å². The largest absolute Gasteiger partial charge is 0.378 e. The van der Waals surface area contributed by atoms with E-state index in [1.54, 1.807) is 0 Å². The first-order valence-electron chi connectivity index (χ1n) is 10.9. The topological polar surface area (TPSA) is 52.1 Å². The van der Waals surface area contributed by atoms with Crippen LogP contribution in [-0.4, -0.2) is 87.4 Å². The molecule has 0 spiro atoms. The number of nitrogens with zero attached hydrogens (tertiary/aromatic N) is 3. The van der Waals surface area contributed by atoms with Crippen LogP contribution in [0.1, 0.15) is 52.4 Å². The molecule has 1 aliphatic carbocycles. The van der Waals surface area contributed by atoms with E-state index in [1.807, 2.05) is 0 Å². The van der Waals surface area contributed by atoms with Gasteiger partial charge in [0.25, 0.3) is 0 Å². The van der Waals surface area contributed by atoms with Crippen molar-refractivity contribution < 1.29 is 4.74 Å². The van der Waals surface area contributed by atoms with Crippen LogP contribution in [0.5, 0.6) is 0 Å². The second-order valence-electron chi connectivity index (χ2n) is 7.45. The molecule has 1 saturated carbocycles. The van der Waals surface area contributed by atoms with Crippen LogP contribution in [0, 0.1) is 0 Å². The van der Waals surface area contributed by atoms with Gasteiger partial charge in [0.2, 0.25) is 0 Å². The lowest BCUT2D eigenvalue weighted by Gasteiger charge is -2.34. The summed E-state index contributed by atoms with van der Waals surface area (Å²) in [5.41, 5.74) is 0. The normalized spacial score (nSPS) is 21.1. The molecule has 0 radical (unpaired) electrons. The minimum atomic E-state index is 0.507. The third kappa shape index (κ3) is 8.69. The van der Waals surface area contributed by atoms with E-state index in [0.29, 0.717) is 6.10 Å². The number of aliphatic imine (C=N–C) groups is 1. The van der Waals surface area contributed by atoms with Crippen molar-refractivity contribution in [1.29, 1.82) is 0 Å². The van der Waals surface area contributed by atoms with Crippen LogP contribution in [0.2, 0.25) is 0 Å². The average molecular weight is 368 g/mol. The second kappa shape index (κ2) is 13.3. The fraction of sp³-hybridized carbons (Fsp3) is 0.950. The van der Waals surface area contributed by atoms with Gasteiger partial charge in [0.15, 0.2) is 5.96 Å². The predicted molar refractivity (Wildman–Crippen MR) is 110 cm³/mol. The summed E-state index contributed by atoms with van der Waals surface area (Å²) in [5, 5.41) is 6.82. The first-order chi connectivity index (χ1) is 12.8. The molecule has 2 aliphatic rings. The number of piperazine rings is 1. The number of likely N-dealkylation sites (N-methyl/N-ethyl adjacent to an activating group) is 1. The fourth-order valence-corrected chi connectivity index (χ4v) is 3.74. The molecule has 0 bridgehead atoms. The van der Waals surface area contributed by atoms with Crippen molar-refractivity contribution in [2.45, 2.75) is 58.5 Å². The molecule has 0 aromatic rings. The maximum atomic E-state index is 5.98. The first kappa shape index (κ1) is 21.5. The van der Waals surface area contributed by atoms with Crippen LogP contribution in [0.3, 0.4) is 0 Å². The molecule has 2 N–H and O–H groups in total. The van der Waals surface area contributed by atoms with Gasteiger partial charge in [-0.1, -0.05) is 26.2 Å². The van der Waals surface area contributed by atoms with E-state index in [0.717, 1.165) is 45.2 Å². The second-order valence-corrected chi connectivity index (χ2v) is 7.45. The summed E-state index contributed by atoms with van der Waals surface area (Å²) in [6.07, 6.45) is 8.07. The van der Waals surface area contributed by atoms with Crippen LogP contribution in [0.25, 0.3) is 0 Å². The summed E-state index contributed by atoms with van der Waals surface area (Å²) in [6.45, 7) is 14.9. The van der Waals surface area contributed by atoms with Crippen molar-refractivity contribution in [1.82, 2.24) is 20.4 Å². The van der Waals surface area contributed by atoms with E-state index in [2.05, 4.69) is 34.3 Å². The minimum Gasteiger partial charge on any atom is -0.378 e. The zero-order valence-electron chi connectivity index (χ0n) is 17.1. The fourth-order valence-electron chi connectivity index (χ4n) is 3.74. The van der Waals surface area contributed by atoms with Crippen molar-refractivity contribution >= 4 is 5.96 Å². The molecular weight excluding hydrogens is 326 g/mol. The monoisotopic (exact) mass is 367 g/mol. The lowest BCUT2D eigenvalue weighted by Crippen LogP contribution is -2.49. The first-order valence-corrected chi connectivity index (χ1v) is 10.9. The Morgan fingerprint density at radius 1 is 1.00 bits per heavy atom. The molecule has 1 saturated heterocycles. The summed E-state index contributed by atoms with van der Waals surface area (Å²) < 4.78 is 5.98. The van der Waals surface area contributed by atoms with Crippen LogP contribution < -0.4 is 10.6 Å². The molecular formula is C20H41N5O. The van der Waals surface area contributed by atoms with E-state index < -0.39 is 0 Å². The molecule has 26 heavy (non-hydrogen) atoms. The van der Waals surface area contributed by atoms with Gasteiger partial charge in [-0.2, -0.15) is 0 Å². The summed E-state index contributed by atoms with van der Waals surface area (Å²) in [7, 11) is 0. The van der Waals surface area contributed by atoms with Crippen molar-refractivity contribution in [3.63, 3.8) is 0 Å². The zero-order chi connectivity index (χ0) is 18.5. The van der Waals surface area contributed by atoms with Gasteiger partial charge in [-0.25, -0.2) is 0 Å². The van der Waals surface area contributed by atoms with Crippen molar-refractivity contribution in [3.05, 3.63) is 0 Å². The Balaban J connectivity index is 1.55. The standard InChI is InChI=1S/C20H41N5O/c1-3-21-20(22-11-8-18-26-19-9-6-5-7-10-19)23-12-13-25-16-14-24(4-2)15-17-25/h19H,3-18H2,1-2H3,(H2,21,22,23). The van der Waals surface area contributed by atoms with E-state index in [-0.39, 0.29) is 0 Å². The molecule has 0 amide bonds. The van der Waals surface area contributed by atoms with Crippen molar-refractivity contribution in [2.24, 2.45) is 4.99 Å². The molecule has 6 nitrogen and oxygen atoms in total. The van der Waals surface area contributed by atoms with Gasteiger partial charge in [-0.3, -0.25) is 9.89 Å². The number of guanidine groups is 1. The predicted octanol–water partition coefficient (Wildman–Crippen LogP) is 1.92. The Bertz CT molecular complexity index is 376. The SMILES string of the molecule is CCNC(=NCCCOC1CCCCC1)NCCN1CCN(CC)CC1. The summed E-state index contributed by atoms with van der Waals surface area (Å²) in [6, 6.07) is 0. The highest BCUT2D eigenvalue weighted by molar-refractivity contribution is 5.79. The highest BCUT2D eigenvalue weighted by atomic mass is 16.5. The number of nitrogens with one attached hydrogen (secondary N) is 2. The molecule has 6 heteroatoms. The molecule has 0 aromatic carbocycles. The molecule has 2 fully saturated rings. The molecule has 152 valence electrons. The van der Waals surface area contributed by atoms with Crippen LogP contribution in [-0.2, 0) is 4.74 Å². The van der Waals surface area contributed by atoms with E-state index >= 15 is 0 Å². The summed E-state index contributed by atoms with van der Waals surface area (Å²) >= 11 is 0. The lowest BCUT2D eigenvalue weighted by atomic mass is 9.98. The van der Waals surface area contributed by atoms with Gasteiger partial charge >= 0.3 is 0 Å². The number of ether oxygens (including phenoxy) is 1. The lowest BCUT2D eigenvalue weighted by molar-refractivity contribution is 0.0281. The maximum absolute atomic E-state index is 5.98. The van der Waals surface area contributed by atoms with Crippen LogP contribution >= 0.6 is 0 Å². The smallest absolute Gasteiger partial charge is 0.191 e. The third-order valence-corrected chi connectivity index (χ3v) is 5.45. The molecule has 0 aromatic heterocycles. The molecule has 0 atom stereocenters. The minimum absolute atomic E-state index is 0.507. The van der Waals surface area contributed by atoms with E-state index in [4.69, 9.17) is 9.73 Å². The van der Waals surface area contributed by atoms with Gasteiger partial charge < -0.3 is 20.3 Å². The summed E-state index contributed by atoms with van der Waals surface area (Å²) in [5.74, 6) is 0.942. The van der Waals surface area contributed by atoms with E-state index in [9.17, 15) is 0 Å². The Hall–Kier alpha value is -0.850. The van der Waals surface area contributed by atoms with E-state index in [1.165, 1.54) is 64.8 Å². The quantitative estimate of drug-likeness (QED) is 0.351. The van der Waals surface area contributed by atoms with Gasteiger partial charge in [-0.05, 0) is 32.7 Å². The average Bonchev–Trinajstić information content (AvgIpc) is 2.69. The zero-order valence-corrected chi connectivity index (χ0v) is 17.1. The molecule has 1 aliphatic heterocycles. The van der Waals surface area contributed by atoms with Gasteiger partial charge in [0.1, 0.15) is 0 Å². The third-order valence-electron chi connectivity index (χ3n) is 5.45. The van der Waals surface area contributed by atoms with Crippen LogP contribution in [0.4, 0.5) is 0 Å².